The molecular formula is C18H28O4. The average Bonchev–Trinajstić information content (AvgIpc) is 2.54. The van der Waals surface area contributed by atoms with E-state index >= 15 is 0 Å². The Kier molecular flexibility index (Phi) is 11.3. The van der Waals surface area contributed by atoms with Crippen LogP contribution in [-0.4, -0.2) is 32.4 Å². The molecule has 0 saturated heterocycles. The van der Waals surface area contributed by atoms with E-state index in [1.54, 1.807) is 0 Å². The first-order valence-corrected chi connectivity index (χ1v) is 8.18. The van der Waals surface area contributed by atoms with Crippen LogP contribution in [0.5, 0.6) is 0 Å². The van der Waals surface area contributed by atoms with Crippen LogP contribution >= 0.6 is 0 Å². The second kappa shape index (κ2) is 13.3. The fourth-order valence-electron chi connectivity index (χ4n) is 1.88. The van der Waals surface area contributed by atoms with Gasteiger partial charge in [-0.05, 0) is 31.2 Å². The maximum Gasteiger partial charge on any atom is 0.332 e. The van der Waals surface area contributed by atoms with Crippen LogP contribution in [0.25, 0.3) is 0 Å². The van der Waals surface area contributed by atoms with Crippen LogP contribution in [0.2, 0.25) is 0 Å². The summed E-state index contributed by atoms with van der Waals surface area (Å²) in [5.74, 6) is -0.264. The van der Waals surface area contributed by atoms with Gasteiger partial charge in [0.05, 0.1) is 13.2 Å². The second-order valence-corrected chi connectivity index (χ2v) is 5.23. The van der Waals surface area contributed by atoms with Crippen LogP contribution in [0.1, 0.15) is 44.6 Å². The van der Waals surface area contributed by atoms with Crippen molar-refractivity contribution >= 4 is 5.97 Å². The van der Waals surface area contributed by atoms with Crippen molar-refractivity contribution < 1.29 is 19.0 Å². The summed E-state index contributed by atoms with van der Waals surface area (Å²) in [5.41, 5.74) is 1.20. The summed E-state index contributed by atoms with van der Waals surface area (Å²) in [5, 5.41) is 0. The summed E-state index contributed by atoms with van der Waals surface area (Å²) in [6.45, 7) is 4.65. The molecule has 4 heteroatoms. The predicted octanol–water partition coefficient (Wildman–Crippen LogP) is 3.73. The molecule has 1 aromatic rings. The molecule has 0 saturated carbocycles. The highest BCUT2D eigenvalue weighted by atomic mass is 16.6. The lowest BCUT2D eigenvalue weighted by Crippen LogP contribution is -2.13. The molecule has 0 radical (unpaired) electrons. The summed E-state index contributed by atoms with van der Waals surface area (Å²) in [7, 11) is 0. The summed E-state index contributed by atoms with van der Waals surface area (Å²) in [6.07, 6.45) is 4.93. The zero-order valence-corrected chi connectivity index (χ0v) is 13.6. The van der Waals surface area contributed by atoms with E-state index in [0.717, 1.165) is 38.7 Å². The molecule has 0 bridgehead atoms. The van der Waals surface area contributed by atoms with Crippen LogP contribution in [0.4, 0.5) is 0 Å². The summed E-state index contributed by atoms with van der Waals surface area (Å²) >= 11 is 0. The minimum atomic E-state index is -0.264. The van der Waals surface area contributed by atoms with Crippen LogP contribution in [0.3, 0.4) is 0 Å². The maximum absolute atomic E-state index is 11.3. The van der Waals surface area contributed by atoms with E-state index < -0.39 is 0 Å². The standard InChI is InChI=1S/C18H28O4/c1-2-3-14-22-18(19)16-21-13-9-5-8-12-20-15-17-10-6-4-7-11-17/h4,6-7,10-11H,2-3,5,8-9,12-16H2,1H3. The summed E-state index contributed by atoms with van der Waals surface area (Å²) < 4.78 is 15.9. The van der Waals surface area contributed by atoms with Crippen molar-refractivity contribution in [1.82, 2.24) is 0 Å². The first-order valence-electron chi connectivity index (χ1n) is 8.18. The number of hydrogen-bond acceptors (Lipinski definition) is 4. The van der Waals surface area contributed by atoms with Gasteiger partial charge in [-0.2, -0.15) is 0 Å². The molecule has 0 atom stereocenters. The third kappa shape index (κ3) is 10.4. The minimum absolute atomic E-state index is 0.0637. The zero-order chi connectivity index (χ0) is 15.9. The Balaban J connectivity index is 1.82. The molecule has 1 aromatic carbocycles. The molecule has 0 aliphatic rings. The average molecular weight is 308 g/mol. The SMILES string of the molecule is CCCCOC(=O)COCCCCCOCc1ccccc1. The van der Waals surface area contributed by atoms with Gasteiger partial charge >= 0.3 is 5.97 Å². The molecule has 0 heterocycles. The van der Waals surface area contributed by atoms with Crippen LogP contribution in [0, 0.1) is 0 Å². The Bertz CT molecular complexity index is 378. The lowest BCUT2D eigenvalue weighted by molar-refractivity contribution is -0.149. The van der Waals surface area contributed by atoms with Gasteiger partial charge in [-0.3, -0.25) is 0 Å². The molecule has 0 amide bonds. The first-order chi connectivity index (χ1) is 10.8. The maximum atomic E-state index is 11.3. The third-order valence-electron chi connectivity index (χ3n) is 3.17. The Morgan fingerprint density at radius 2 is 1.64 bits per heavy atom. The lowest BCUT2D eigenvalue weighted by Gasteiger charge is -2.06. The molecule has 0 spiro atoms. The molecule has 0 aliphatic heterocycles. The van der Waals surface area contributed by atoms with Crippen LogP contribution in [-0.2, 0) is 25.6 Å². The van der Waals surface area contributed by atoms with Crippen LogP contribution in [0.15, 0.2) is 30.3 Å². The van der Waals surface area contributed by atoms with Gasteiger partial charge in [0.15, 0.2) is 0 Å². The van der Waals surface area contributed by atoms with E-state index in [0.29, 0.717) is 19.8 Å². The van der Waals surface area contributed by atoms with Gasteiger partial charge < -0.3 is 14.2 Å². The summed E-state index contributed by atoms with van der Waals surface area (Å²) in [4.78, 5) is 11.3. The normalized spacial score (nSPS) is 10.6. The van der Waals surface area contributed by atoms with Gasteiger partial charge in [-0.1, -0.05) is 43.7 Å². The number of ether oxygens (including phenoxy) is 3. The topological polar surface area (TPSA) is 44.8 Å². The van der Waals surface area contributed by atoms with Crippen molar-refractivity contribution in [3.8, 4) is 0 Å². The molecular weight excluding hydrogens is 280 g/mol. The molecule has 4 nitrogen and oxygen atoms in total. The number of hydrogen-bond donors (Lipinski definition) is 0. The van der Waals surface area contributed by atoms with Gasteiger partial charge in [0, 0.05) is 13.2 Å². The first kappa shape index (κ1) is 18.7. The zero-order valence-electron chi connectivity index (χ0n) is 13.6. The van der Waals surface area contributed by atoms with E-state index in [1.807, 2.05) is 18.2 Å². The van der Waals surface area contributed by atoms with Crippen molar-refractivity contribution in [2.45, 2.75) is 45.6 Å². The Morgan fingerprint density at radius 3 is 2.36 bits per heavy atom. The number of rotatable bonds is 13. The predicted molar refractivity (Wildman–Crippen MR) is 86.6 cm³/mol. The number of unbranched alkanes of at least 4 members (excludes halogenated alkanes) is 3. The molecule has 0 unspecified atom stereocenters. The quantitative estimate of drug-likeness (QED) is 0.411. The van der Waals surface area contributed by atoms with Gasteiger partial charge in [-0.25, -0.2) is 4.79 Å². The van der Waals surface area contributed by atoms with Crippen molar-refractivity contribution in [1.29, 1.82) is 0 Å². The Labute approximate surface area is 133 Å². The number of benzene rings is 1. The molecule has 0 aliphatic carbocycles. The second-order valence-electron chi connectivity index (χ2n) is 5.23. The van der Waals surface area contributed by atoms with Crippen molar-refractivity contribution in [3.63, 3.8) is 0 Å². The van der Waals surface area contributed by atoms with E-state index in [-0.39, 0.29) is 12.6 Å². The van der Waals surface area contributed by atoms with Gasteiger partial charge in [0.1, 0.15) is 6.61 Å². The fourth-order valence-corrected chi connectivity index (χ4v) is 1.88. The number of carbonyl (C=O) groups excluding carboxylic acids is 1. The number of esters is 1. The monoisotopic (exact) mass is 308 g/mol. The largest absolute Gasteiger partial charge is 0.464 e. The molecule has 22 heavy (non-hydrogen) atoms. The Morgan fingerprint density at radius 1 is 0.909 bits per heavy atom. The summed E-state index contributed by atoms with van der Waals surface area (Å²) in [6, 6.07) is 10.2. The molecule has 0 N–H and O–H groups in total. The van der Waals surface area contributed by atoms with E-state index in [1.165, 1.54) is 5.56 Å². The molecule has 0 fully saturated rings. The van der Waals surface area contributed by atoms with Gasteiger partial charge in [0.2, 0.25) is 0 Å². The highest BCUT2D eigenvalue weighted by Gasteiger charge is 2.01. The lowest BCUT2D eigenvalue weighted by atomic mass is 10.2. The molecule has 124 valence electrons. The Hall–Kier alpha value is -1.39. The van der Waals surface area contributed by atoms with Crippen molar-refractivity contribution in [2.24, 2.45) is 0 Å². The van der Waals surface area contributed by atoms with E-state index in [2.05, 4.69) is 19.1 Å². The van der Waals surface area contributed by atoms with E-state index in [9.17, 15) is 4.79 Å². The van der Waals surface area contributed by atoms with Crippen molar-refractivity contribution in [2.75, 3.05) is 26.4 Å². The fraction of sp³-hybridized carbons (Fsp3) is 0.611. The molecule has 0 aromatic heterocycles. The highest BCUT2D eigenvalue weighted by Crippen LogP contribution is 2.02. The van der Waals surface area contributed by atoms with Gasteiger partial charge in [0.25, 0.3) is 0 Å². The van der Waals surface area contributed by atoms with Gasteiger partial charge in [-0.15, -0.1) is 0 Å². The smallest absolute Gasteiger partial charge is 0.332 e. The number of carbonyl (C=O) groups is 1. The third-order valence-corrected chi connectivity index (χ3v) is 3.17. The molecule has 1 rings (SSSR count). The van der Waals surface area contributed by atoms with Crippen molar-refractivity contribution in [3.05, 3.63) is 35.9 Å². The van der Waals surface area contributed by atoms with Crippen LogP contribution < -0.4 is 0 Å². The minimum Gasteiger partial charge on any atom is -0.464 e. The van der Waals surface area contributed by atoms with E-state index in [4.69, 9.17) is 14.2 Å². The highest BCUT2D eigenvalue weighted by molar-refractivity contribution is 5.70.